The number of hydrogen-bond donors (Lipinski definition) is 1. The van der Waals surface area contributed by atoms with Crippen molar-refractivity contribution in [3.05, 3.63) is 83.9 Å². The van der Waals surface area contributed by atoms with Crippen LogP contribution in [0.1, 0.15) is 28.8 Å². The highest BCUT2D eigenvalue weighted by molar-refractivity contribution is 7.22. The highest BCUT2D eigenvalue weighted by Gasteiger charge is 2.22. The van der Waals surface area contributed by atoms with Gasteiger partial charge in [-0.3, -0.25) is 9.69 Å². The van der Waals surface area contributed by atoms with E-state index in [0.29, 0.717) is 17.7 Å². The van der Waals surface area contributed by atoms with Crippen LogP contribution in [0, 0.1) is 0 Å². The van der Waals surface area contributed by atoms with E-state index < -0.39 is 0 Å². The van der Waals surface area contributed by atoms with Gasteiger partial charge in [0, 0.05) is 32.6 Å². The van der Waals surface area contributed by atoms with Gasteiger partial charge in [0.1, 0.15) is 18.1 Å². The quantitative estimate of drug-likeness (QED) is 0.357. The zero-order valence-corrected chi connectivity index (χ0v) is 18.6. The van der Waals surface area contributed by atoms with Crippen molar-refractivity contribution in [1.29, 1.82) is 0 Å². The van der Waals surface area contributed by atoms with Crippen molar-refractivity contribution in [2.24, 2.45) is 0 Å². The van der Waals surface area contributed by atoms with Crippen LogP contribution >= 0.6 is 11.3 Å². The molecule has 1 fully saturated rings. The van der Waals surface area contributed by atoms with Gasteiger partial charge >= 0.3 is 0 Å². The molecular weight excluding hydrogens is 418 g/mol. The average Bonchev–Trinajstić information content (AvgIpc) is 3.47. The molecule has 3 aromatic carbocycles. The maximum atomic E-state index is 13.6. The topological polar surface area (TPSA) is 49.8 Å². The molecule has 5 heteroatoms. The smallest absolute Gasteiger partial charge is 0.195 e. The predicted octanol–water partition coefficient (Wildman–Crippen LogP) is 5.98. The van der Waals surface area contributed by atoms with Crippen molar-refractivity contribution in [1.82, 2.24) is 4.90 Å². The summed E-state index contributed by atoms with van der Waals surface area (Å²) in [5.41, 5.74) is 2.30. The molecule has 4 nitrogen and oxygen atoms in total. The third-order valence-corrected chi connectivity index (χ3v) is 7.13. The molecule has 0 radical (unpaired) electrons. The number of thiophene rings is 1. The first kappa shape index (κ1) is 20.7. The Kier molecular flexibility index (Phi) is 5.93. The SMILES string of the molecule is O=C(c1ccc(OCCN2CCCC2)cc1)c1c(-c2ccccc2)sc2cc(O)ccc12. The number of rotatable bonds is 7. The van der Waals surface area contributed by atoms with E-state index in [-0.39, 0.29) is 11.5 Å². The summed E-state index contributed by atoms with van der Waals surface area (Å²) in [5.74, 6) is 0.960. The van der Waals surface area contributed by atoms with Gasteiger partial charge in [0.2, 0.25) is 0 Å². The summed E-state index contributed by atoms with van der Waals surface area (Å²) in [6.45, 7) is 3.92. The Hall–Kier alpha value is -3.15. The van der Waals surface area contributed by atoms with Crippen molar-refractivity contribution in [2.75, 3.05) is 26.2 Å². The molecule has 0 bridgehead atoms. The average molecular weight is 444 g/mol. The number of ketones is 1. The van der Waals surface area contributed by atoms with Gasteiger partial charge in [-0.05, 0) is 74.0 Å². The van der Waals surface area contributed by atoms with Crippen LogP contribution in [0.3, 0.4) is 0 Å². The van der Waals surface area contributed by atoms with E-state index in [4.69, 9.17) is 4.74 Å². The molecule has 5 rings (SSSR count). The van der Waals surface area contributed by atoms with E-state index in [0.717, 1.165) is 45.9 Å². The lowest BCUT2D eigenvalue weighted by Gasteiger charge is -2.15. The molecule has 0 amide bonds. The fourth-order valence-corrected chi connectivity index (χ4v) is 5.49. The second-order valence-corrected chi connectivity index (χ2v) is 9.16. The molecule has 0 saturated carbocycles. The van der Waals surface area contributed by atoms with Gasteiger partial charge in [0.15, 0.2) is 5.78 Å². The summed E-state index contributed by atoms with van der Waals surface area (Å²) < 4.78 is 6.79. The van der Waals surface area contributed by atoms with E-state index in [1.807, 2.05) is 60.7 Å². The molecule has 0 spiro atoms. The summed E-state index contributed by atoms with van der Waals surface area (Å²) in [4.78, 5) is 16.9. The monoisotopic (exact) mass is 443 g/mol. The van der Waals surface area contributed by atoms with Crippen LogP contribution in [0.2, 0.25) is 0 Å². The van der Waals surface area contributed by atoms with Gasteiger partial charge in [0.25, 0.3) is 0 Å². The van der Waals surface area contributed by atoms with Crippen LogP contribution in [-0.2, 0) is 0 Å². The lowest BCUT2D eigenvalue weighted by molar-refractivity contribution is 0.104. The van der Waals surface area contributed by atoms with E-state index in [1.54, 1.807) is 12.1 Å². The minimum atomic E-state index is -0.0237. The number of hydrogen-bond acceptors (Lipinski definition) is 5. The van der Waals surface area contributed by atoms with Crippen LogP contribution in [-0.4, -0.2) is 42.0 Å². The highest BCUT2D eigenvalue weighted by atomic mass is 32.1. The molecule has 2 heterocycles. The maximum Gasteiger partial charge on any atom is 0.195 e. The van der Waals surface area contributed by atoms with Gasteiger partial charge < -0.3 is 9.84 Å². The van der Waals surface area contributed by atoms with E-state index in [1.165, 1.54) is 24.2 Å². The largest absolute Gasteiger partial charge is 0.508 e. The minimum Gasteiger partial charge on any atom is -0.508 e. The zero-order valence-electron chi connectivity index (χ0n) is 17.8. The molecule has 1 aliphatic heterocycles. The Balaban J connectivity index is 1.41. The van der Waals surface area contributed by atoms with Crippen LogP contribution in [0.25, 0.3) is 20.5 Å². The Morgan fingerprint density at radius 2 is 1.72 bits per heavy atom. The molecule has 1 N–H and O–H groups in total. The molecule has 4 aromatic rings. The third-order valence-electron chi connectivity index (χ3n) is 5.93. The van der Waals surface area contributed by atoms with Crippen molar-refractivity contribution in [2.45, 2.75) is 12.8 Å². The molecule has 1 saturated heterocycles. The summed E-state index contributed by atoms with van der Waals surface area (Å²) in [6.07, 6.45) is 2.55. The third kappa shape index (κ3) is 4.27. The number of fused-ring (bicyclic) bond motifs is 1. The molecule has 0 unspecified atom stereocenters. The molecule has 0 atom stereocenters. The number of carbonyl (C=O) groups is 1. The fraction of sp³-hybridized carbons (Fsp3) is 0.222. The number of carbonyl (C=O) groups excluding carboxylic acids is 1. The van der Waals surface area contributed by atoms with Gasteiger partial charge in [0.05, 0.1) is 0 Å². The number of ether oxygens (including phenoxy) is 1. The zero-order chi connectivity index (χ0) is 21.9. The summed E-state index contributed by atoms with van der Waals surface area (Å²) in [5, 5.41) is 10.8. The van der Waals surface area contributed by atoms with E-state index in [9.17, 15) is 9.90 Å². The van der Waals surface area contributed by atoms with Crippen LogP contribution in [0.4, 0.5) is 0 Å². The number of benzene rings is 3. The second-order valence-electron chi connectivity index (χ2n) is 8.10. The summed E-state index contributed by atoms with van der Waals surface area (Å²) in [7, 11) is 0. The first-order valence-electron chi connectivity index (χ1n) is 11.0. The normalized spacial score (nSPS) is 14.1. The van der Waals surface area contributed by atoms with E-state index >= 15 is 0 Å². The van der Waals surface area contributed by atoms with Crippen molar-refractivity contribution >= 4 is 27.2 Å². The maximum absolute atomic E-state index is 13.6. The highest BCUT2D eigenvalue weighted by Crippen LogP contribution is 2.41. The Labute approximate surface area is 191 Å². The second kappa shape index (κ2) is 9.15. The minimum absolute atomic E-state index is 0.0237. The number of phenols is 1. The van der Waals surface area contributed by atoms with Gasteiger partial charge in [-0.25, -0.2) is 0 Å². The predicted molar refractivity (Wildman–Crippen MR) is 130 cm³/mol. The summed E-state index contributed by atoms with van der Waals surface area (Å²) in [6, 6.07) is 22.6. The lowest BCUT2D eigenvalue weighted by atomic mass is 9.97. The molecule has 162 valence electrons. The van der Waals surface area contributed by atoms with Crippen LogP contribution in [0.15, 0.2) is 72.8 Å². The molecular formula is C27H25NO3S. The lowest BCUT2D eigenvalue weighted by Crippen LogP contribution is -2.25. The fourth-order valence-electron chi connectivity index (χ4n) is 4.25. The Morgan fingerprint density at radius 3 is 2.47 bits per heavy atom. The first-order chi connectivity index (χ1) is 15.7. The van der Waals surface area contributed by atoms with Crippen molar-refractivity contribution in [3.8, 4) is 21.9 Å². The Bertz CT molecular complexity index is 1230. The Morgan fingerprint density at radius 1 is 0.969 bits per heavy atom. The van der Waals surface area contributed by atoms with Crippen molar-refractivity contribution in [3.63, 3.8) is 0 Å². The van der Waals surface area contributed by atoms with Crippen molar-refractivity contribution < 1.29 is 14.6 Å². The standard InChI is InChI=1S/C27H25NO3S/c29-21-10-13-23-24(18-21)32-27(20-6-2-1-3-7-20)25(23)26(30)19-8-11-22(12-9-19)31-17-16-28-14-4-5-15-28/h1-3,6-13,18,29H,4-5,14-17H2. The number of phenolic OH excluding ortho intramolecular Hbond substituents is 1. The molecule has 0 aliphatic carbocycles. The van der Waals surface area contributed by atoms with Crippen LogP contribution in [0.5, 0.6) is 11.5 Å². The number of likely N-dealkylation sites (tertiary alicyclic amines) is 1. The van der Waals surface area contributed by atoms with Gasteiger partial charge in [-0.15, -0.1) is 11.3 Å². The molecule has 1 aliphatic rings. The first-order valence-corrected chi connectivity index (χ1v) is 11.8. The molecule has 1 aromatic heterocycles. The molecule has 32 heavy (non-hydrogen) atoms. The van der Waals surface area contributed by atoms with Gasteiger partial charge in [-0.2, -0.15) is 0 Å². The number of nitrogens with zero attached hydrogens (tertiary/aromatic N) is 1. The van der Waals surface area contributed by atoms with Gasteiger partial charge in [-0.1, -0.05) is 30.3 Å². The number of aromatic hydroxyl groups is 1. The summed E-state index contributed by atoms with van der Waals surface area (Å²) >= 11 is 1.53. The van der Waals surface area contributed by atoms with E-state index in [2.05, 4.69) is 4.90 Å². The van der Waals surface area contributed by atoms with Crippen LogP contribution < -0.4 is 4.74 Å².